The summed E-state index contributed by atoms with van der Waals surface area (Å²) in [4.78, 5) is 12.4. The molecule has 0 saturated carbocycles. The molecule has 2 atom stereocenters. The van der Waals surface area contributed by atoms with Gasteiger partial charge in [0, 0.05) is 14.2 Å². The normalized spacial score (nSPS) is 15.4. The van der Waals surface area contributed by atoms with E-state index in [1.54, 1.807) is 13.8 Å². The van der Waals surface area contributed by atoms with Crippen LogP contribution in [0.4, 0.5) is 4.79 Å². The third-order valence-electron chi connectivity index (χ3n) is 1.69. The maximum absolute atomic E-state index is 11.0. The van der Waals surface area contributed by atoms with Gasteiger partial charge < -0.3 is 9.47 Å². The molecular weight excluding hydrogens is 178 g/mol. The lowest BCUT2D eigenvalue weighted by Crippen LogP contribution is -2.43. The molecule has 0 heterocycles. The van der Waals surface area contributed by atoms with Crippen LogP contribution in [0.5, 0.6) is 0 Å². The van der Waals surface area contributed by atoms with Crippen molar-refractivity contribution in [1.82, 2.24) is 4.90 Å². The number of rotatable bonds is 4. The standard InChI is InChI=1S/C7H15NO3S/c1-5(10-3)8(7(9)12)6(2)11-4/h5-6H,1-4H3,(H,9,12). The SMILES string of the molecule is COC(C)N(C(=O)S)C(C)OC. The highest BCUT2D eigenvalue weighted by Gasteiger charge is 2.22. The van der Waals surface area contributed by atoms with Gasteiger partial charge in [0.05, 0.1) is 0 Å². The van der Waals surface area contributed by atoms with Crippen molar-refractivity contribution in [1.29, 1.82) is 0 Å². The Bertz CT molecular complexity index is 144. The first-order valence-electron chi connectivity index (χ1n) is 3.61. The van der Waals surface area contributed by atoms with Gasteiger partial charge in [-0.1, -0.05) is 12.6 Å². The van der Waals surface area contributed by atoms with E-state index in [-0.39, 0.29) is 17.7 Å². The minimum absolute atomic E-state index is 0.329. The van der Waals surface area contributed by atoms with Crippen LogP contribution < -0.4 is 0 Å². The van der Waals surface area contributed by atoms with E-state index in [4.69, 9.17) is 9.47 Å². The van der Waals surface area contributed by atoms with Crippen molar-refractivity contribution in [2.24, 2.45) is 0 Å². The number of amides is 1. The maximum Gasteiger partial charge on any atom is 0.282 e. The number of carbonyl (C=O) groups is 1. The van der Waals surface area contributed by atoms with Crippen molar-refractivity contribution in [3.05, 3.63) is 0 Å². The second kappa shape index (κ2) is 5.40. The Balaban J connectivity index is 4.32. The molecule has 0 aromatic heterocycles. The molecule has 0 aliphatic heterocycles. The zero-order valence-electron chi connectivity index (χ0n) is 7.77. The van der Waals surface area contributed by atoms with Gasteiger partial charge in [0.1, 0.15) is 12.5 Å². The van der Waals surface area contributed by atoms with Gasteiger partial charge in [-0.25, -0.2) is 0 Å². The summed E-state index contributed by atoms with van der Waals surface area (Å²) in [6.45, 7) is 3.51. The van der Waals surface area contributed by atoms with E-state index in [9.17, 15) is 4.79 Å². The number of methoxy groups -OCH3 is 2. The zero-order valence-corrected chi connectivity index (χ0v) is 8.67. The lowest BCUT2D eigenvalue weighted by Gasteiger charge is -2.30. The number of thiol groups is 1. The van der Waals surface area contributed by atoms with Crippen LogP contribution in [0.1, 0.15) is 13.8 Å². The Labute approximate surface area is 78.2 Å². The van der Waals surface area contributed by atoms with E-state index >= 15 is 0 Å². The predicted molar refractivity (Wildman–Crippen MR) is 49.2 cm³/mol. The Morgan fingerprint density at radius 3 is 1.75 bits per heavy atom. The number of hydrogen-bond donors (Lipinski definition) is 1. The van der Waals surface area contributed by atoms with Crippen LogP contribution >= 0.6 is 12.6 Å². The predicted octanol–water partition coefficient (Wildman–Crippen LogP) is 1.32. The van der Waals surface area contributed by atoms with Crippen molar-refractivity contribution in [3.63, 3.8) is 0 Å². The number of nitrogens with zero attached hydrogens (tertiary/aromatic N) is 1. The second-order valence-corrected chi connectivity index (χ2v) is 2.74. The van der Waals surface area contributed by atoms with Crippen molar-refractivity contribution in [2.75, 3.05) is 14.2 Å². The quantitative estimate of drug-likeness (QED) is 0.540. The third-order valence-corrected chi connectivity index (χ3v) is 1.92. The summed E-state index contributed by atoms with van der Waals surface area (Å²) in [6.07, 6.45) is -0.658. The van der Waals surface area contributed by atoms with Crippen LogP contribution in [0, 0.1) is 0 Å². The largest absolute Gasteiger partial charge is 0.362 e. The molecular formula is C7H15NO3S. The summed E-state index contributed by atoms with van der Waals surface area (Å²) in [6, 6.07) is 0. The van der Waals surface area contributed by atoms with Crippen molar-refractivity contribution >= 4 is 17.9 Å². The van der Waals surface area contributed by atoms with Gasteiger partial charge in [0.2, 0.25) is 0 Å². The summed E-state index contributed by atoms with van der Waals surface area (Å²) in [7, 11) is 3.05. The molecule has 0 aromatic carbocycles. The fraction of sp³-hybridized carbons (Fsp3) is 0.857. The molecule has 5 heteroatoms. The van der Waals surface area contributed by atoms with Gasteiger partial charge >= 0.3 is 0 Å². The highest BCUT2D eigenvalue weighted by atomic mass is 32.1. The molecule has 0 aliphatic rings. The van der Waals surface area contributed by atoms with Crippen molar-refractivity contribution in [3.8, 4) is 0 Å². The summed E-state index contributed by atoms with van der Waals surface area (Å²) in [5, 5.41) is -0.362. The molecule has 0 saturated heterocycles. The lowest BCUT2D eigenvalue weighted by molar-refractivity contribution is -0.0816. The van der Waals surface area contributed by atoms with Gasteiger partial charge in [0.25, 0.3) is 5.24 Å². The van der Waals surface area contributed by atoms with E-state index in [1.165, 1.54) is 19.1 Å². The van der Waals surface area contributed by atoms with E-state index < -0.39 is 0 Å². The van der Waals surface area contributed by atoms with Crippen LogP contribution in [-0.2, 0) is 9.47 Å². The first-order chi connectivity index (χ1) is 5.54. The lowest BCUT2D eigenvalue weighted by atomic mass is 10.5. The fourth-order valence-electron chi connectivity index (χ4n) is 0.834. The van der Waals surface area contributed by atoms with Gasteiger partial charge in [-0.05, 0) is 13.8 Å². The average Bonchev–Trinajstić information content (AvgIpc) is 2.03. The van der Waals surface area contributed by atoms with E-state index in [1.807, 2.05) is 0 Å². The summed E-state index contributed by atoms with van der Waals surface area (Å²) >= 11 is 3.71. The Morgan fingerprint density at radius 1 is 1.25 bits per heavy atom. The van der Waals surface area contributed by atoms with Gasteiger partial charge in [-0.2, -0.15) is 0 Å². The number of ether oxygens (including phenoxy) is 2. The topological polar surface area (TPSA) is 38.8 Å². The van der Waals surface area contributed by atoms with E-state index in [2.05, 4.69) is 12.6 Å². The molecule has 0 N–H and O–H groups in total. The van der Waals surface area contributed by atoms with Crippen LogP contribution in [0.15, 0.2) is 0 Å². The fourth-order valence-corrected chi connectivity index (χ4v) is 1.16. The monoisotopic (exact) mass is 193 g/mol. The molecule has 0 rings (SSSR count). The van der Waals surface area contributed by atoms with Crippen LogP contribution in [0.25, 0.3) is 0 Å². The maximum atomic E-state index is 11.0. The Morgan fingerprint density at radius 2 is 1.58 bits per heavy atom. The molecule has 0 spiro atoms. The highest BCUT2D eigenvalue weighted by molar-refractivity contribution is 7.96. The molecule has 0 aromatic rings. The first kappa shape index (κ1) is 11.7. The Hall–Kier alpha value is -0.260. The van der Waals surface area contributed by atoms with Crippen LogP contribution in [-0.4, -0.2) is 36.8 Å². The van der Waals surface area contributed by atoms with Gasteiger partial charge in [0.15, 0.2) is 0 Å². The molecule has 72 valence electrons. The minimum atomic E-state index is -0.362. The first-order valence-corrected chi connectivity index (χ1v) is 4.06. The minimum Gasteiger partial charge on any atom is -0.362 e. The summed E-state index contributed by atoms with van der Waals surface area (Å²) in [5.74, 6) is 0. The Kier molecular flexibility index (Phi) is 5.28. The van der Waals surface area contributed by atoms with Gasteiger partial charge in [-0.3, -0.25) is 9.69 Å². The van der Waals surface area contributed by atoms with Crippen molar-refractivity contribution < 1.29 is 14.3 Å². The molecule has 12 heavy (non-hydrogen) atoms. The summed E-state index contributed by atoms with van der Waals surface area (Å²) in [5.41, 5.74) is 0. The highest BCUT2D eigenvalue weighted by Crippen LogP contribution is 2.09. The molecule has 0 fully saturated rings. The molecule has 0 radical (unpaired) electrons. The molecule has 0 aliphatic carbocycles. The zero-order chi connectivity index (χ0) is 9.72. The average molecular weight is 193 g/mol. The molecule has 2 unspecified atom stereocenters. The second-order valence-electron chi connectivity index (χ2n) is 2.36. The molecule has 4 nitrogen and oxygen atoms in total. The van der Waals surface area contributed by atoms with Crippen LogP contribution in [0.3, 0.4) is 0 Å². The molecule has 1 amide bonds. The van der Waals surface area contributed by atoms with Crippen LogP contribution in [0.2, 0.25) is 0 Å². The number of carbonyl (C=O) groups excluding carboxylic acids is 1. The van der Waals surface area contributed by atoms with E-state index in [0.717, 1.165) is 0 Å². The van der Waals surface area contributed by atoms with Gasteiger partial charge in [-0.15, -0.1) is 0 Å². The molecule has 0 bridgehead atoms. The van der Waals surface area contributed by atoms with E-state index in [0.29, 0.717) is 0 Å². The summed E-state index contributed by atoms with van der Waals surface area (Å²) < 4.78 is 9.95. The third kappa shape index (κ3) is 3.00. The van der Waals surface area contributed by atoms with Crippen molar-refractivity contribution in [2.45, 2.75) is 26.3 Å². The number of hydrogen-bond acceptors (Lipinski definition) is 3. The smallest absolute Gasteiger partial charge is 0.282 e.